The lowest BCUT2D eigenvalue weighted by Gasteiger charge is -2.00. The standard InChI is InChI=1S/C13H18S/c1-2-3-4-5-9-12-14-13-10-7-6-8-11-13/h2,6-8,10-11H,1,3-5,9,12H2. The zero-order valence-electron chi connectivity index (χ0n) is 8.61. The molecule has 0 saturated carbocycles. The maximum absolute atomic E-state index is 3.72. The molecule has 14 heavy (non-hydrogen) atoms. The van der Waals surface area contributed by atoms with Gasteiger partial charge in [0.15, 0.2) is 0 Å². The topological polar surface area (TPSA) is 0 Å². The minimum atomic E-state index is 1.16. The fraction of sp³-hybridized carbons (Fsp3) is 0.385. The third-order valence-corrected chi connectivity index (χ3v) is 3.16. The zero-order chi connectivity index (χ0) is 10.1. The molecule has 0 nitrogen and oxygen atoms in total. The van der Waals surface area contributed by atoms with E-state index in [1.54, 1.807) is 0 Å². The maximum atomic E-state index is 3.72. The van der Waals surface area contributed by atoms with Gasteiger partial charge in [-0.15, -0.1) is 18.3 Å². The fourth-order valence-corrected chi connectivity index (χ4v) is 2.21. The molecule has 0 amide bonds. The highest BCUT2D eigenvalue weighted by molar-refractivity contribution is 7.99. The largest absolute Gasteiger partial charge is 0.126 e. The van der Waals surface area contributed by atoms with Crippen molar-refractivity contribution in [2.45, 2.75) is 30.6 Å². The Morgan fingerprint density at radius 3 is 2.57 bits per heavy atom. The Kier molecular flexibility index (Phi) is 6.25. The molecule has 1 heteroatoms. The molecule has 0 fully saturated rings. The van der Waals surface area contributed by atoms with Crippen LogP contribution in [0.1, 0.15) is 25.7 Å². The first-order chi connectivity index (χ1) is 6.93. The van der Waals surface area contributed by atoms with Crippen molar-refractivity contribution >= 4 is 11.8 Å². The van der Waals surface area contributed by atoms with E-state index in [-0.39, 0.29) is 0 Å². The molecule has 0 N–H and O–H groups in total. The molecular formula is C13H18S. The normalized spacial score (nSPS) is 10.0. The Hall–Kier alpha value is -0.690. The minimum Gasteiger partial charge on any atom is -0.126 e. The van der Waals surface area contributed by atoms with Gasteiger partial charge in [0, 0.05) is 4.90 Å². The highest BCUT2D eigenvalue weighted by Gasteiger charge is 1.92. The summed E-state index contributed by atoms with van der Waals surface area (Å²) < 4.78 is 0. The molecule has 0 unspecified atom stereocenters. The van der Waals surface area contributed by atoms with E-state index >= 15 is 0 Å². The van der Waals surface area contributed by atoms with E-state index in [2.05, 4.69) is 36.9 Å². The van der Waals surface area contributed by atoms with Crippen LogP contribution in [0.3, 0.4) is 0 Å². The molecule has 0 spiro atoms. The summed E-state index contributed by atoms with van der Waals surface area (Å²) in [6.45, 7) is 3.72. The van der Waals surface area contributed by atoms with Gasteiger partial charge in [0.2, 0.25) is 0 Å². The molecule has 0 aliphatic carbocycles. The summed E-state index contributed by atoms with van der Waals surface area (Å²) in [5.74, 6) is 1.24. The van der Waals surface area contributed by atoms with Crippen molar-refractivity contribution in [1.82, 2.24) is 0 Å². The Morgan fingerprint density at radius 1 is 1.07 bits per heavy atom. The molecule has 0 aromatic heterocycles. The summed E-state index contributed by atoms with van der Waals surface area (Å²) in [6.07, 6.45) is 7.10. The van der Waals surface area contributed by atoms with Crippen LogP contribution >= 0.6 is 11.8 Å². The van der Waals surface area contributed by atoms with Crippen LogP contribution in [-0.2, 0) is 0 Å². The van der Waals surface area contributed by atoms with Crippen molar-refractivity contribution in [3.8, 4) is 0 Å². The van der Waals surface area contributed by atoms with Crippen LogP contribution in [0.2, 0.25) is 0 Å². The summed E-state index contributed by atoms with van der Waals surface area (Å²) in [6, 6.07) is 10.6. The predicted molar refractivity (Wildman–Crippen MR) is 65.8 cm³/mol. The zero-order valence-corrected chi connectivity index (χ0v) is 9.43. The Balaban J connectivity index is 2.02. The average molecular weight is 206 g/mol. The lowest BCUT2D eigenvalue weighted by atomic mass is 10.2. The molecule has 76 valence electrons. The van der Waals surface area contributed by atoms with Gasteiger partial charge >= 0.3 is 0 Å². The van der Waals surface area contributed by atoms with Crippen molar-refractivity contribution in [3.63, 3.8) is 0 Å². The molecule has 1 rings (SSSR count). The SMILES string of the molecule is C=CCCCCCSc1ccccc1. The summed E-state index contributed by atoms with van der Waals surface area (Å²) in [4.78, 5) is 1.39. The van der Waals surface area contributed by atoms with Gasteiger partial charge in [-0.05, 0) is 37.1 Å². The van der Waals surface area contributed by atoms with Crippen LogP contribution in [0.25, 0.3) is 0 Å². The van der Waals surface area contributed by atoms with Crippen LogP contribution in [0, 0.1) is 0 Å². The smallest absolute Gasteiger partial charge is 0.00719 e. The Bertz CT molecular complexity index is 241. The molecule has 0 saturated heterocycles. The van der Waals surface area contributed by atoms with Crippen molar-refractivity contribution in [2.24, 2.45) is 0 Å². The molecule has 1 aromatic rings. The van der Waals surface area contributed by atoms with Gasteiger partial charge in [-0.2, -0.15) is 0 Å². The van der Waals surface area contributed by atoms with Gasteiger partial charge < -0.3 is 0 Å². The summed E-state index contributed by atoms with van der Waals surface area (Å²) >= 11 is 1.95. The van der Waals surface area contributed by atoms with Crippen LogP contribution in [0.15, 0.2) is 47.9 Å². The van der Waals surface area contributed by atoms with Crippen LogP contribution in [0.5, 0.6) is 0 Å². The van der Waals surface area contributed by atoms with E-state index in [1.807, 2.05) is 17.8 Å². The number of rotatable bonds is 7. The Labute approximate surface area is 91.4 Å². The lowest BCUT2D eigenvalue weighted by Crippen LogP contribution is -1.80. The van der Waals surface area contributed by atoms with Crippen molar-refractivity contribution < 1.29 is 0 Å². The van der Waals surface area contributed by atoms with Crippen molar-refractivity contribution in [3.05, 3.63) is 43.0 Å². The van der Waals surface area contributed by atoms with Gasteiger partial charge in [-0.3, -0.25) is 0 Å². The quantitative estimate of drug-likeness (QED) is 0.359. The third kappa shape index (κ3) is 5.13. The third-order valence-electron chi connectivity index (χ3n) is 2.06. The molecule has 0 bridgehead atoms. The number of thioether (sulfide) groups is 1. The molecule has 0 atom stereocenters. The van der Waals surface area contributed by atoms with Crippen LogP contribution in [-0.4, -0.2) is 5.75 Å². The molecule has 0 aliphatic rings. The molecule has 0 aliphatic heterocycles. The van der Waals surface area contributed by atoms with Gasteiger partial charge in [-0.25, -0.2) is 0 Å². The second kappa shape index (κ2) is 7.69. The number of unbranched alkanes of at least 4 members (excludes halogenated alkanes) is 3. The summed E-state index contributed by atoms with van der Waals surface area (Å²) in [7, 11) is 0. The second-order valence-electron chi connectivity index (χ2n) is 3.30. The predicted octanol–water partition coefficient (Wildman–Crippen LogP) is 4.53. The number of benzene rings is 1. The monoisotopic (exact) mass is 206 g/mol. The first-order valence-corrected chi connectivity index (χ1v) is 6.21. The summed E-state index contributed by atoms with van der Waals surface area (Å²) in [5.41, 5.74) is 0. The highest BCUT2D eigenvalue weighted by Crippen LogP contribution is 2.18. The van der Waals surface area contributed by atoms with Gasteiger partial charge in [0.25, 0.3) is 0 Å². The van der Waals surface area contributed by atoms with Crippen molar-refractivity contribution in [1.29, 1.82) is 0 Å². The lowest BCUT2D eigenvalue weighted by molar-refractivity contribution is 0.735. The number of allylic oxidation sites excluding steroid dienone is 1. The molecular weight excluding hydrogens is 188 g/mol. The first-order valence-electron chi connectivity index (χ1n) is 5.22. The number of hydrogen-bond donors (Lipinski definition) is 0. The fourth-order valence-electron chi connectivity index (χ4n) is 1.27. The average Bonchev–Trinajstić information content (AvgIpc) is 2.25. The van der Waals surface area contributed by atoms with Crippen LogP contribution in [0.4, 0.5) is 0 Å². The number of hydrogen-bond acceptors (Lipinski definition) is 1. The van der Waals surface area contributed by atoms with Gasteiger partial charge in [0.05, 0.1) is 0 Å². The van der Waals surface area contributed by atoms with E-state index in [0.29, 0.717) is 0 Å². The van der Waals surface area contributed by atoms with E-state index in [1.165, 1.54) is 29.9 Å². The van der Waals surface area contributed by atoms with Gasteiger partial charge in [0.1, 0.15) is 0 Å². The summed E-state index contributed by atoms with van der Waals surface area (Å²) in [5, 5.41) is 0. The van der Waals surface area contributed by atoms with E-state index < -0.39 is 0 Å². The van der Waals surface area contributed by atoms with Crippen LogP contribution < -0.4 is 0 Å². The highest BCUT2D eigenvalue weighted by atomic mass is 32.2. The first kappa shape index (κ1) is 11.4. The maximum Gasteiger partial charge on any atom is 0.00719 e. The second-order valence-corrected chi connectivity index (χ2v) is 4.47. The van der Waals surface area contributed by atoms with Crippen molar-refractivity contribution in [2.75, 3.05) is 5.75 Å². The van der Waals surface area contributed by atoms with E-state index in [9.17, 15) is 0 Å². The molecule has 1 aromatic carbocycles. The van der Waals surface area contributed by atoms with E-state index in [4.69, 9.17) is 0 Å². The van der Waals surface area contributed by atoms with E-state index in [0.717, 1.165) is 6.42 Å². The Morgan fingerprint density at radius 2 is 1.86 bits per heavy atom. The molecule has 0 radical (unpaired) electrons. The molecule has 0 heterocycles. The van der Waals surface area contributed by atoms with Gasteiger partial charge in [-0.1, -0.05) is 30.7 Å². The minimum absolute atomic E-state index is 1.16.